The number of aliphatic carboxylic acids is 1. The van der Waals surface area contributed by atoms with E-state index in [-0.39, 0.29) is 48.2 Å². The van der Waals surface area contributed by atoms with Gasteiger partial charge in [-0.25, -0.2) is 0 Å². The first-order valence-corrected chi connectivity index (χ1v) is 5.05. The number of nitrogens with zero attached hydrogens (tertiary/aromatic N) is 1. The third-order valence-corrected chi connectivity index (χ3v) is 4.44. The van der Waals surface area contributed by atoms with E-state index in [1.165, 1.54) is 11.8 Å². The number of rotatable bonds is 1. The number of carboxylic acids is 1. The predicted molar refractivity (Wildman–Crippen MR) is 49.4 cm³/mol. The van der Waals surface area contributed by atoms with Gasteiger partial charge in [0.1, 0.15) is 4.75 Å². The van der Waals surface area contributed by atoms with Gasteiger partial charge in [-0.2, -0.15) is 0 Å². The molecule has 2 aliphatic heterocycles. The van der Waals surface area contributed by atoms with Gasteiger partial charge in [-0.15, -0.1) is 11.8 Å². The molecule has 2 heterocycles. The van der Waals surface area contributed by atoms with E-state index in [1.807, 2.05) is 6.92 Å². The Bertz CT molecular complexity index is 302. The maximum absolute atomic E-state index is 11.3. The Labute approximate surface area is 110 Å². The standard InChI is InChI=1S/C8H11NO3S.Na.H/c1-4-5(10)9-3-8(2,7(11)12)13-6(4)9;;/h4,6H,3H2,1-2H3,(H,11,12);;/q;+1;-1/t4?,6-,8?;;/m1../s1. The van der Waals surface area contributed by atoms with Crippen LogP contribution in [0.15, 0.2) is 0 Å². The minimum atomic E-state index is -0.827. The maximum Gasteiger partial charge on any atom is 1.00 e. The summed E-state index contributed by atoms with van der Waals surface area (Å²) in [6.07, 6.45) is 0. The Balaban J connectivity index is 0.000000980. The molecular formula is C8H12NNaO3S. The zero-order valence-electron chi connectivity index (χ0n) is 9.48. The maximum atomic E-state index is 11.3. The third-order valence-electron chi connectivity index (χ3n) is 2.71. The number of carboxylic acid groups (broad SMARTS) is 1. The molecule has 14 heavy (non-hydrogen) atoms. The van der Waals surface area contributed by atoms with Crippen molar-refractivity contribution in [3.63, 3.8) is 0 Å². The minimum absolute atomic E-state index is 0. The molecule has 0 aromatic rings. The van der Waals surface area contributed by atoms with Crippen LogP contribution < -0.4 is 29.6 Å². The van der Waals surface area contributed by atoms with E-state index in [2.05, 4.69) is 0 Å². The van der Waals surface area contributed by atoms with Crippen molar-refractivity contribution in [2.24, 2.45) is 5.92 Å². The van der Waals surface area contributed by atoms with Gasteiger partial charge in [0, 0.05) is 6.54 Å². The molecule has 6 heteroatoms. The average molecular weight is 225 g/mol. The van der Waals surface area contributed by atoms with Gasteiger partial charge in [0.05, 0.1) is 11.3 Å². The molecule has 0 saturated carbocycles. The van der Waals surface area contributed by atoms with Crippen molar-refractivity contribution in [3.8, 4) is 0 Å². The SMILES string of the molecule is CC1C(=O)N2CC(C)(C(=O)O)S[C@H]12.[H-].[Na+]. The Morgan fingerprint density at radius 1 is 1.79 bits per heavy atom. The molecule has 2 rings (SSSR count). The summed E-state index contributed by atoms with van der Waals surface area (Å²) < 4.78 is -0.801. The molecule has 74 valence electrons. The Kier molecular flexibility index (Phi) is 3.27. The molecule has 3 atom stereocenters. The second kappa shape index (κ2) is 3.70. The molecule has 2 saturated heterocycles. The molecule has 0 aromatic heterocycles. The first-order chi connectivity index (χ1) is 5.96. The van der Waals surface area contributed by atoms with Gasteiger partial charge in [-0.05, 0) is 6.92 Å². The van der Waals surface area contributed by atoms with Gasteiger partial charge >= 0.3 is 35.5 Å². The van der Waals surface area contributed by atoms with Gasteiger partial charge in [0.2, 0.25) is 5.91 Å². The number of amides is 1. The molecule has 1 N–H and O–H groups in total. The Hall–Kier alpha value is 0.290. The van der Waals surface area contributed by atoms with Gasteiger partial charge in [-0.3, -0.25) is 9.59 Å². The fraction of sp³-hybridized carbons (Fsp3) is 0.750. The van der Waals surface area contributed by atoms with Crippen LogP contribution in [0.5, 0.6) is 0 Å². The Morgan fingerprint density at radius 3 is 2.79 bits per heavy atom. The summed E-state index contributed by atoms with van der Waals surface area (Å²) in [7, 11) is 0. The normalized spacial score (nSPS) is 39.9. The first kappa shape index (κ1) is 12.4. The van der Waals surface area contributed by atoms with Crippen LogP contribution in [-0.4, -0.2) is 38.5 Å². The summed E-state index contributed by atoms with van der Waals surface area (Å²) in [5.74, 6) is -0.749. The fourth-order valence-corrected chi connectivity index (χ4v) is 3.25. The van der Waals surface area contributed by atoms with E-state index >= 15 is 0 Å². The molecule has 2 aliphatic rings. The zero-order valence-corrected chi connectivity index (χ0v) is 11.3. The monoisotopic (exact) mass is 225 g/mol. The summed E-state index contributed by atoms with van der Waals surface area (Å²) in [6, 6.07) is 0. The fourth-order valence-electron chi connectivity index (χ4n) is 1.78. The van der Waals surface area contributed by atoms with Gasteiger partial charge in [0.15, 0.2) is 0 Å². The number of fused-ring (bicyclic) bond motifs is 1. The van der Waals surface area contributed by atoms with Crippen molar-refractivity contribution in [1.82, 2.24) is 4.90 Å². The largest absolute Gasteiger partial charge is 1.00 e. The summed E-state index contributed by atoms with van der Waals surface area (Å²) in [6.45, 7) is 3.88. The smallest absolute Gasteiger partial charge is 1.00 e. The summed E-state index contributed by atoms with van der Waals surface area (Å²) >= 11 is 1.39. The number of carbonyl (C=O) groups excluding carboxylic acids is 1. The van der Waals surface area contributed by atoms with E-state index in [1.54, 1.807) is 11.8 Å². The van der Waals surface area contributed by atoms with Crippen molar-refractivity contribution in [3.05, 3.63) is 0 Å². The third kappa shape index (κ3) is 1.50. The van der Waals surface area contributed by atoms with E-state index in [4.69, 9.17) is 5.11 Å². The summed E-state index contributed by atoms with van der Waals surface area (Å²) in [4.78, 5) is 23.8. The van der Waals surface area contributed by atoms with Gasteiger partial charge < -0.3 is 11.4 Å². The average Bonchev–Trinajstić information content (AvgIpc) is 2.41. The van der Waals surface area contributed by atoms with Crippen LogP contribution >= 0.6 is 11.8 Å². The second-order valence-electron chi connectivity index (χ2n) is 3.80. The van der Waals surface area contributed by atoms with Crippen LogP contribution in [0.25, 0.3) is 0 Å². The van der Waals surface area contributed by atoms with Crippen LogP contribution in [0.3, 0.4) is 0 Å². The van der Waals surface area contributed by atoms with Crippen LogP contribution in [0.1, 0.15) is 15.3 Å². The van der Waals surface area contributed by atoms with Crippen molar-refractivity contribution in [1.29, 1.82) is 0 Å². The summed E-state index contributed by atoms with van der Waals surface area (Å²) in [5, 5.41) is 9.04. The van der Waals surface area contributed by atoms with Crippen molar-refractivity contribution < 1.29 is 45.7 Å². The topological polar surface area (TPSA) is 57.6 Å². The number of hydrogen-bond acceptors (Lipinski definition) is 3. The van der Waals surface area contributed by atoms with Crippen molar-refractivity contribution >= 4 is 23.6 Å². The number of carbonyl (C=O) groups is 2. The van der Waals surface area contributed by atoms with E-state index in [0.717, 1.165) is 0 Å². The quantitative estimate of drug-likeness (QED) is 0.396. The summed E-state index contributed by atoms with van der Waals surface area (Å²) in [5.41, 5.74) is 0. The van der Waals surface area contributed by atoms with Crippen LogP contribution in [0.4, 0.5) is 0 Å². The van der Waals surface area contributed by atoms with Crippen LogP contribution in [0, 0.1) is 5.92 Å². The van der Waals surface area contributed by atoms with Crippen LogP contribution in [0.2, 0.25) is 0 Å². The molecule has 4 nitrogen and oxygen atoms in total. The van der Waals surface area contributed by atoms with Crippen molar-refractivity contribution in [2.45, 2.75) is 24.0 Å². The van der Waals surface area contributed by atoms with E-state index in [0.29, 0.717) is 6.54 Å². The molecule has 0 bridgehead atoms. The minimum Gasteiger partial charge on any atom is -1.00 e. The molecule has 0 spiro atoms. The van der Waals surface area contributed by atoms with Crippen molar-refractivity contribution in [2.75, 3.05) is 6.54 Å². The number of thioether (sulfide) groups is 1. The molecule has 0 radical (unpaired) electrons. The molecule has 0 aromatic carbocycles. The molecule has 0 aliphatic carbocycles. The first-order valence-electron chi connectivity index (χ1n) is 4.17. The van der Waals surface area contributed by atoms with E-state index in [9.17, 15) is 9.59 Å². The van der Waals surface area contributed by atoms with E-state index < -0.39 is 10.7 Å². The predicted octanol–water partition coefficient (Wildman–Crippen LogP) is -2.50. The van der Waals surface area contributed by atoms with Gasteiger partial charge in [0.25, 0.3) is 0 Å². The number of hydrogen-bond donors (Lipinski definition) is 1. The second-order valence-corrected chi connectivity index (χ2v) is 5.42. The zero-order chi connectivity index (χ0) is 9.80. The molecular weight excluding hydrogens is 213 g/mol. The van der Waals surface area contributed by atoms with Gasteiger partial charge in [-0.1, -0.05) is 6.92 Å². The Morgan fingerprint density at radius 2 is 2.36 bits per heavy atom. The molecule has 2 unspecified atom stereocenters. The molecule has 2 fully saturated rings. The van der Waals surface area contributed by atoms with Crippen LogP contribution in [-0.2, 0) is 9.59 Å². The molecule has 1 amide bonds. The number of β-lactam (4-membered cyclic amide) rings is 1.